The second kappa shape index (κ2) is 6.76. The van der Waals surface area contributed by atoms with Gasteiger partial charge in [-0.25, -0.2) is 0 Å². The molecule has 1 aromatic carbocycles. The van der Waals surface area contributed by atoms with E-state index in [0.717, 1.165) is 5.69 Å². The number of rotatable bonds is 4. The molecule has 0 saturated heterocycles. The predicted octanol–water partition coefficient (Wildman–Crippen LogP) is 4.36. The second-order valence-electron chi connectivity index (χ2n) is 6.66. The highest BCUT2D eigenvalue weighted by Crippen LogP contribution is 2.30. The zero-order valence-electron chi connectivity index (χ0n) is 14.4. The van der Waals surface area contributed by atoms with Gasteiger partial charge in [-0.15, -0.1) is 10.2 Å². The largest absolute Gasteiger partial charge is 0.459 e. The number of anilines is 3. The first-order chi connectivity index (χ1) is 11.9. The van der Waals surface area contributed by atoms with Gasteiger partial charge < -0.3 is 15.1 Å². The Labute approximate surface area is 146 Å². The molecule has 0 spiro atoms. The molecule has 0 bridgehead atoms. The summed E-state index contributed by atoms with van der Waals surface area (Å²) < 4.78 is 5.04. The molecule has 0 aliphatic rings. The van der Waals surface area contributed by atoms with Gasteiger partial charge in [-0.05, 0) is 41.3 Å². The second-order valence-corrected chi connectivity index (χ2v) is 6.66. The van der Waals surface area contributed by atoms with Crippen molar-refractivity contribution in [2.75, 3.05) is 10.6 Å². The molecule has 6 heteroatoms. The SMILES string of the molecule is CC(C)(C)c1ccccc1Nc1ccc(NC(=O)c2ccco2)nn1. The molecular weight excluding hydrogens is 316 g/mol. The Morgan fingerprint density at radius 1 is 0.960 bits per heavy atom. The number of nitrogens with one attached hydrogen (secondary N) is 2. The van der Waals surface area contributed by atoms with Crippen molar-refractivity contribution in [3.63, 3.8) is 0 Å². The van der Waals surface area contributed by atoms with E-state index in [0.29, 0.717) is 11.6 Å². The monoisotopic (exact) mass is 336 g/mol. The molecule has 128 valence electrons. The summed E-state index contributed by atoms with van der Waals surface area (Å²) in [4.78, 5) is 11.9. The molecule has 0 unspecified atom stereocenters. The van der Waals surface area contributed by atoms with Gasteiger partial charge in [0.25, 0.3) is 5.91 Å². The number of furan rings is 1. The molecule has 2 aromatic heterocycles. The van der Waals surface area contributed by atoms with Gasteiger partial charge in [-0.2, -0.15) is 0 Å². The first-order valence-electron chi connectivity index (χ1n) is 7.98. The molecule has 3 aromatic rings. The highest BCUT2D eigenvalue weighted by Gasteiger charge is 2.17. The molecule has 0 atom stereocenters. The lowest BCUT2D eigenvalue weighted by molar-refractivity contribution is 0.0996. The van der Waals surface area contributed by atoms with E-state index in [2.05, 4.69) is 47.7 Å². The Hall–Kier alpha value is -3.15. The van der Waals surface area contributed by atoms with Crippen LogP contribution in [0.25, 0.3) is 0 Å². The molecule has 0 radical (unpaired) electrons. The highest BCUT2D eigenvalue weighted by molar-refractivity contribution is 6.01. The Bertz CT molecular complexity index is 850. The van der Waals surface area contributed by atoms with E-state index in [1.807, 2.05) is 18.2 Å². The van der Waals surface area contributed by atoms with Crippen molar-refractivity contribution in [1.29, 1.82) is 0 Å². The molecule has 2 N–H and O–H groups in total. The summed E-state index contributed by atoms with van der Waals surface area (Å²) >= 11 is 0. The maximum Gasteiger partial charge on any atom is 0.292 e. The fourth-order valence-electron chi connectivity index (χ4n) is 2.44. The van der Waals surface area contributed by atoms with Crippen molar-refractivity contribution < 1.29 is 9.21 Å². The van der Waals surface area contributed by atoms with Gasteiger partial charge in [0.15, 0.2) is 17.4 Å². The maximum atomic E-state index is 11.9. The minimum Gasteiger partial charge on any atom is -0.459 e. The summed E-state index contributed by atoms with van der Waals surface area (Å²) in [6.45, 7) is 6.48. The Balaban J connectivity index is 1.73. The van der Waals surface area contributed by atoms with Gasteiger partial charge >= 0.3 is 0 Å². The maximum absolute atomic E-state index is 11.9. The van der Waals surface area contributed by atoms with Crippen LogP contribution >= 0.6 is 0 Å². The molecule has 0 aliphatic heterocycles. The van der Waals surface area contributed by atoms with Crippen molar-refractivity contribution in [3.8, 4) is 0 Å². The smallest absolute Gasteiger partial charge is 0.292 e. The van der Waals surface area contributed by atoms with Gasteiger partial charge in [0.2, 0.25) is 0 Å². The van der Waals surface area contributed by atoms with E-state index in [1.54, 1.807) is 24.3 Å². The Kier molecular flexibility index (Phi) is 4.52. The summed E-state index contributed by atoms with van der Waals surface area (Å²) in [6, 6.07) is 14.8. The van der Waals surface area contributed by atoms with Crippen LogP contribution in [-0.4, -0.2) is 16.1 Å². The fourth-order valence-corrected chi connectivity index (χ4v) is 2.44. The topological polar surface area (TPSA) is 80.0 Å². The van der Waals surface area contributed by atoms with Crippen LogP contribution in [0.4, 0.5) is 17.3 Å². The predicted molar refractivity (Wildman–Crippen MR) is 97.1 cm³/mol. The number of para-hydroxylation sites is 1. The van der Waals surface area contributed by atoms with Gasteiger partial charge in [-0.3, -0.25) is 4.79 Å². The lowest BCUT2D eigenvalue weighted by Crippen LogP contribution is -2.14. The number of carbonyl (C=O) groups is 1. The van der Waals surface area contributed by atoms with Crippen LogP contribution in [0.5, 0.6) is 0 Å². The average molecular weight is 336 g/mol. The molecule has 1 amide bonds. The normalized spacial score (nSPS) is 11.2. The number of carbonyl (C=O) groups excluding carboxylic acids is 1. The fraction of sp³-hybridized carbons (Fsp3) is 0.211. The standard InChI is InChI=1S/C19H20N4O2/c1-19(2,3)13-7-4-5-8-14(13)20-16-10-11-17(23-22-16)21-18(24)15-9-6-12-25-15/h4-12H,1-3H3,(H,20,22)(H,21,23,24). The summed E-state index contributed by atoms with van der Waals surface area (Å²) in [5, 5.41) is 14.1. The van der Waals surface area contributed by atoms with Crippen LogP contribution in [0.1, 0.15) is 36.9 Å². The van der Waals surface area contributed by atoms with Crippen LogP contribution in [0, 0.1) is 0 Å². The van der Waals surface area contributed by atoms with E-state index < -0.39 is 0 Å². The van der Waals surface area contributed by atoms with Crippen LogP contribution < -0.4 is 10.6 Å². The van der Waals surface area contributed by atoms with Gasteiger partial charge in [0, 0.05) is 5.69 Å². The molecule has 2 heterocycles. The molecule has 0 aliphatic carbocycles. The first kappa shape index (κ1) is 16.7. The van der Waals surface area contributed by atoms with Crippen molar-refractivity contribution in [2.24, 2.45) is 0 Å². The number of benzene rings is 1. The third-order valence-electron chi connectivity index (χ3n) is 3.65. The average Bonchev–Trinajstić information content (AvgIpc) is 3.11. The quantitative estimate of drug-likeness (QED) is 0.740. The van der Waals surface area contributed by atoms with Crippen LogP contribution in [0.3, 0.4) is 0 Å². The summed E-state index contributed by atoms with van der Waals surface area (Å²) in [5.74, 6) is 0.824. The summed E-state index contributed by atoms with van der Waals surface area (Å²) in [7, 11) is 0. The third kappa shape index (κ3) is 4.03. The Morgan fingerprint density at radius 3 is 2.32 bits per heavy atom. The molecular formula is C19H20N4O2. The van der Waals surface area contributed by atoms with E-state index in [9.17, 15) is 4.79 Å². The Morgan fingerprint density at radius 2 is 1.68 bits per heavy atom. The lowest BCUT2D eigenvalue weighted by Gasteiger charge is -2.23. The van der Waals surface area contributed by atoms with E-state index in [-0.39, 0.29) is 17.1 Å². The van der Waals surface area contributed by atoms with Crippen LogP contribution in [0.15, 0.2) is 59.2 Å². The zero-order valence-corrected chi connectivity index (χ0v) is 14.4. The van der Waals surface area contributed by atoms with Gasteiger partial charge in [0.05, 0.1) is 6.26 Å². The molecule has 6 nitrogen and oxygen atoms in total. The van der Waals surface area contributed by atoms with Gasteiger partial charge in [-0.1, -0.05) is 39.0 Å². The van der Waals surface area contributed by atoms with Crippen molar-refractivity contribution >= 4 is 23.2 Å². The molecule has 0 fully saturated rings. The van der Waals surface area contributed by atoms with E-state index in [4.69, 9.17) is 4.42 Å². The zero-order chi connectivity index (χ0) is 17.9. The third-order valence-corrected chi connectivity index (χ3v) is 3.65. The number of nitrogens with zero attached hydrogens (tertiary/aromatic N) is 2. The van der Waals surface area contributed by atoms with Crippen molar-refractivity contribution in [3.05, 3.63) is 66.1 Å². The van der Waals surface area contributed by atoms with Crippen LogP contribution in [-0.2, 0) is 5.41 Å². The van der Waals surface area contributed by atoms with E-state index in [1.165, 1.54) is 11.8 Å². The molecule has 3 rings (SSSR count). The van der Waals surface area contributed by atoms with Crippen molar-refractivity contribution in [2.45, 2.75) is 26.2 Å². The number of aromatic nitrogens is 2. The molecule has 25 heavy (non-hydrogen) atoms. The number of hydrogen-bond acceptors (Lipinski definition) is 5. The highest BCUT2D eigenvalue weighted by atomic mass is 16.3. The number of amides is 1. The van der Waals surface area contributed by atoms with E-state index >= 15 is 0 Å². The van der Waals surface area contributed by atoms with Crippen LogP contribution in [0.2, 0.25) is 0 Å². The number of hydrogen-bond donors (Lipinski definition) is 2. The minimum absolute atomic E-state index is 0.00791. The minimum atomic E-state index is -0.363. The lowest BCUT2D eigenvalue weighted by atomic mass is 9.86. The summed E-state index contributed by atoms with van der Waals surface area (Å²) in [6.07, 6.45) is 1.44. The first-order valence-corrected chi connectivity index (χ1v) is 7.98. The van der Waals surface area contributed by atoms with Gasteiger partial charge in [0.1, 0.15) is 0 Å². The molecule has 0 saturated carbocycles. The van der Waals surface area contributed by atoms with Crippen molar-refractivity contribution in [1.82, 2.24) is 10.2 Å². The summed E-state index contributed by atoms with van der Waals surface area (Å²) in [5.41, 5.74) is 2.18.